The Morgan fingerprint density at radius 1 is 1.33 bits per heavy atom. The summed E-state index contributed by atoms with van der Waals surface area (Å²) in [6.07, 6.45) is 14.3. The van der Waals surface area contributed by atoms with E-state index in [1.54, 1.807) is 11.8 Å². The fraction of sp³-hybridized carbons (Fsp3) is 0.533. The molecule has 1 aliphatic rings. The summed E-state index contributed by atoms with van der Waals surface area (Å²) in [4.78, 5) is 15.3. The quantitative estimate of drug-likeness (QED) is 0.626. The van der Waals surface area contributed by atoms with Gasteiger partial charge in [0.25, 0.3) is 0 Å². The molecule has 1 fully saturated rings. The first-order valence-corrected chi connectivity index (χ1v) is 8.59. The Morgan fingerprint density at radius 3 is 2.90 bits per heavy atom. The molecule has 21 heavy (non-hydrogen) atoms. The van der Waals surface area contributed by atoms with Gasteiger partial charge in [-0.1, -0.05) is 11.8 Å². The van der Waals surface area contributed by atoms with Crippen LogP contribution in [-0.2, 0) is 13.1 Å². The molecule has 2 aromatic rings. The Hall–Kier alpha value is -1.40. The number of thioether (sulfide) groups is 1. The van der Waals surface area contributed by atoms with Crippen LogP contribution in [0.2, 0.25) is 0 Å². The van der Waals surface area contributed by atoms with Gasteiger partial charge in [0, 0.05) is 50.0 Å². The van der Waals surface area contributed by atoms with E-state index in [4.69, 9.17) is 0 Å². The van der Waals surface area contributed by atoms with Crippen molar-refractivity contribution in [3.8, 4) is 0 Å². The number of piperidine rings is 1. The topological polar surface area (TPSA) is 46.8 Å². The molecule has 0 aromatic carbocycles. The maximum Gasteiger partial charge on any atom is 0.187 e. The highest BCUT2D eigenvalue weighted by Crippen LogP contribution is 2.20. The summed E-state index contributed by atoms with van der Waals surface area (Å²) in [6, 6.07) is 0. The maximum atomic E-state index is 4.36. The minimum absolute atomic E-state index is 0.708. The molecule has 2 aromatic heterocycles. The SMILES string of the molecule is CSc1ncc(CN2CCC[C@H](Cn3ccnc3)C2)cn1. The second kappa shape index (κ2) is 7.04. The zero-order valence-corrected chi connectivity index (χ0v) is 13.2. The van der Waals surface area contributed by atoms with Crippen molar-refractivity contribution in [2.75, 3.05) is 19.3 Å². The van der Waals surface area contributed by atoms with Crippen LogP contribution in [0, 0.1) is 5.92 Å². The Bertz CT molecular complexity index is 540. The van der Waals surface area contributed by atoms with Crippen LogP contribution in [0.4, 0.5) is 0 Å². The van der Waals surface area contributed by atoms with Crippen LogP contribution in [0.5, 0.6) is 0 Å². The summed E-state index contributed by atoms with van der Waals surface area (Å²) in [6.45, 7) is 4.33. The molecule has 3 rings (SSSR count). The number of nitrogens with zero attached hydrogens (tertiary/aromatic N) is 5. The van der Waals surface area contributed by atoms with Crippen molar-refractivity contribution < 1.29 is 0 Å². The fourth-order valence-electron chi connectivity index (χ4n) is 2.92. The van der Waals surface area contributed by atoms with Gasteiger partial charge in [-0.3, -0.25) is 4.90 Å². The Labute approximate surface area is 129 Å². The average molecular weight is 303 g/mol. The number of hydrogen-bond donors (Lipinski definition) is 0. The molecule has 0 amide bonds. The van der Waals surface area contributed by atoms with Gasteiger partial charge in [0.1, 0.15) is 0 Å². The van der Waals surface area contributed by atoms with Crippen LogP contribution < -0.4 is 0 Å². The smallest absolute Gasteiger partial charge is 0.187 e. The molecule has 0 N–H and O–H groups in total. The fourth-order valence-corrected chi connectivity index (χ4v) is 3.24. The number of imidazole rings is 1. The van der Waals surface area contributed by atoms with Crippen molar-refractivity contribution in [1.82, 2.24) is 24.4 Å². The van der Waals surface area contributed by atoms with E-state index in [2.05, 4.69) is 24.4 Å². The van der Waals surface area contributed by atoms with Crippen molar-refractivity contribution in [2.45, 2.75) is 31.1 Å². The minimum atomic E-state index is 0.708. The predicted molar refractivity (Wildman–Crippen MR) is 84.0 cm³/mol. The molecular formula is C15H21N5S. The third-order valence-electron chi connectivity index (χ3n) is 3.90. The van der Waals surface area contributed by atoms with E-state index in [1.165, 1.54) is 24.9 Å². The molecule has 1 aliphatic heterocycles. The van der Waals surface area contributed by atoms with Crippen LogP contribution in [-0.4, -0.2) is 43.8 Å². The molecular weight excluding hydrogens is 282 g/mol. The third kappa shape index (κ3) is 4.04. The lowest BCUT2D eigenvalue weighted by Gasteiger charge is -2.32. The van der Waals surface area contributed by atoms with E-state index >= 15 is 0 Å². The first-order valence-electron chi connectivity index (χ1n) is 7.36. The van der Waals surface area contributed by atoms with E-state index in [0.717, 1.165) is 24.8 Å². The molecule has 0 saturated carbocycles. The van der Waals surface area contributed by atoms with E-state index < -0.39 is 0 Å². The minimum Gasteiger partial charge on any atom is -0.337 e. The summed E-state index contributed by atoms with van der Waals surface area (Å²) in [5.41, 5.74) is 1.20. The molecule has 3 heterocycles. The lowest BCUT2D eigenvalue weighted by molar-refractivity contribution is 0.155. The average Bonchev–Trinajstić information content (AvgIpc) is 3.01. The van der Waals surface area contributed by atoms with E-state index in [0.29, 0.717) is 5.92 Å². The van der Waals surface area contributed by atoms with Gasteiger partial charge >= 0.3 is 0 Å². The van der Waals surface area contributed by atoms with E-state index in [9.17, 15) is 0 Å². The summed E-state index contributed by atoms with van der Waals surface area (Å²) in [5, 5.41) is 0.843. The molecule has 1 atom stereocenters. The van der Waals surface area contributed by atoms with Crippen molar-refractivity contribution in [3.05, 3.63) is 36.7 Å². The van der Waals surface area contributed by atoms with Crippen LogP contribution in [0.3, 0.4) is 0 Å². The summed E-state index contributed by atoms with van der Waals surface area (Å²) in [7, 11) is 0. The summed E-state index contributed by atoms with van der Waals surface area (Å²) in [5.74, 6) is 0.708. The van der Waals surface area contributed by atoms with Gasteiger partial charge in [-0.25, -0.2) is 15.0 Å². The monoisotopic (exact) mass is 303 g/mol. The first-order chi connectivity index (χ1) is 10.3. The first kappa shape index (κ1) is 14.5. The van der Waals surface area contributed by atoms with Crippen molar-refractivity contribution in [1.29, 1.82) is 0 Å². The van der Waals surface area contributed by atoms with Crippen LogP contribution in [0.25, 0.3) is 0 Å². The summed E-state index contributed by atoms with van der Waals surface area (Å²) < 4.78 is 2.19. The molecule has 0 unspecified atom stereocenters. The molecule has 1 saturated heterocycles. The second-order valence-corrected chi connectivity index (χ2v) is 6.35. The third-order valence-corrected chi connectivity index (χ3v) is 4.48. The zero-order chi connectivity index (χ0) is 14.5. The van der Waals surface area contributed by atoms with Gasteiger partial charge in [-0.15, -0.1) is 0 Å². The summed E-state index contributed by atoms with van der Waals surface area (Å²) >= 11 is 1.58. The van der Waals surface area contributed by atoms with Gasteiger partial charge in [-0.05, 0) is 31.6 Å². The molecule has 0 aliphatic carbocycles. The van der Waals surface area contributed by atoms with Gasteiger partial charge in [-0.2, -0.15) is 0 Å². The maximum absolute atomic E-state index is 4.36. The van der Waals surface area contributed by atoms with Gasteiger partial charge in [0.15, 0.2) is 5.16 Å². The largest absolute Gasteiger partial charge is 0.337 e. The standard InChI is InChI=1S/C15H21N5S/c1-21-15-17-7-14(8-18-15)11-19-5-2-3-13(9-19)10-20-6-4-16-12-20/h4,6-8,12-13H,2-3,5,9-11H2,1H3/t13-/m0/s1. The number of likely N-dealkylation sites (tertiary alicyclic amines) is 1. The Kier molecular flexibility index (Phi) is 4.87. The van der Waals surface area contributed by atoms with Crippen molar-refractivity contribution >= 4 is 11.8 Å². The highest BCUT2D eigenvalue weighted by atomic mass is 32.2. The van der Waals surface area contributed by atoms with Crippen LogP contribution in [0.1, 0.15) is 18.4 Å². The van der Waals surface area contributed by atoms with Crippen LogP contribution in [0.15, 0.2) is 36.3 Å². The number of hydrogen-bond acceptors (Lipinski definition) is 5. The van der Waals surface area contributed by atoms with E-state index in [1.807, 2.05) is 37.4 Å². The molecule has 0 spiro atoms. The Balaban J connectivity index is 1.55. The molecule has 0 radical (unpaired) electrons. The predicted octanol–water partition coefficient (Wildman–Crippen LogP) is 2.31. The number of aromatic nitrogens is 4. The van der Waals surface area contributed by atoms with Gasteiger partial charge in [0.2, 0.25) is 0 Å². The highest BCUT2D eigenvalue weighted by molar-refractivity contribution is 7.98. The highest BCUT2D eigenvalue weighted by Gasteiger charge is 2.20. The lowest BCUT2D eigenvalue weighted by atomic mass is 9.97. The van der Waals surface area contributed by atoms with E-state index in [-0.39, 0.29) is 0 Å². The zero-order valence-electron chi connectivity index (χ0n) is 12.4. The lowest BCUT2D eigenvalue weighted by Crippen LogP contribution is -2.36. The molecule has 112 valence electrons. The second-order valence-electron chi connectivity index (χ2n) is 5.58. The normalized spacial score (nSPS) is 19.8. The van der Waals surface area contributed by atoms with Crippen LogP contribution >= 0.6 is 11.8 Å². The molecule has 0 bridgehead atoms. The van der Waals surface area contributed by atoms with Crippen molar-refractivity contribution in [2.24, 2.45) is 5.92 Å². The van der Waals surface area contributed by atoms with Gasteiger partial charge < -0.3 is 4.57 Å². The Morgan fingerprint density at radius 2 is 2.19 bits per heavy atom. The molecule has 5 nitrogen and oxygen atoms in total. The van der Waals surface area contributed by atoms with Crippen molar-refractivity contribution in [3.63, 3.8) is 0 Å². The number of rotatable bonds is 5. The molecule has 6 heteroatoms. The van der Waals surface area contributed by atoms with Gasteiger partial charge in [0.05, 0.1) is 6.33 Å².